The fraction of sp³-hybridized carbons (Fsp3) is 0.600. The molecule has 11 heteroatoms. The van der Waals surface area contributed by atoms with Crippen molar-refractivity contribution in [1.29, 1.82) is 0 Å². The van der Waals surface area contributed by atoms with Crippen LogP contribution in [0.1, 0.15) is 30.5 Å². The third-order valence-electron chi connectivity index (χ3n) is 3.90. The smallest absolute Gasteiger partial charge is 0.278 e. The lowest BCUT2D eigenvalue weighted by Gasteiger charge is -2.12. The molecular weight excluding hydrogens is 360 g/mol. The molecular formula is C15H20N6O4S. The fourth-order valence-electron chi connectivity index (χ4n) is 2.56. The first kappa shape index (κ1) is 18.2. The van der Waals surface area contributed by atoms with Crippen molar-refractivity contribution < 1.29 is 19.0 Å². The molecule has 1 fully saturated rings. The van der Waals surface area contributed by atoms with E-state index in [9.17, 15) is 9.59 Å². The Hall–Kier alpha value is -2.56. The quantitative estimate of drug-likeness (QED) is 0.665. The maximum absolute atomic E-state index is 12.3. The molecule has 0 spiro atoms. The van der Waals surface area contributed by atoms with Crippen molar-refractivity contribution in [3.8, 4) is 5.88 Å². The Balaban J connectivity index is 1.46. The van der Waals surface area contributed by atoms with Crippen molar-refractivity contribution in [2.24, 2.45) is 5.92 Å². The minimum atomic E-state index is -0.406. The molecule has 1 saturated heterocycles. The van der Waals surface area contributed by atoms with Gasteiger partial charge in [0.1, 0.15) is 17.3 Å². The summed E-state index contributed by atoms with van der Waals surface area (Å²) in [5.41, 5.74) is 0.549. The van der Waals surface area contributed by atoms with Gasteiger partial charge in [0.2, 0.25) is 16.9 Å². The van der Waals surface area contributed by atoms with E-state index in [2.05, 4.69) is 37.4 Å². The van der Waals surface area contributed by atoms with Gasteiger partial charge < -0.3 is 10.1 Å². The van der Waals surface area contributed by atoms with Crippen LogP contribution >= 0.6 is 11.3 Å². The number of aryl methyl sites for hydroxylation is 2. The molecule has 26 heavy (non-hydrogen) atoms. The predicted molar refractivity (Wildman–Crippen MR) is 91.9 cm³/mol. The Labute approximate surface area is 153 Å². The molecule has 1 unspecified atom stereocenters. The van der Waals surface area contributed by atoms with Crippen molar-refractivity contribution >= 4 is 28.3 Å². The lowest BCUT2D eigenvalue weighted by Crippen LogP contribution is -2.35. The summed E-state index contributed by atoms with van der Waals surface area (Å²) >= 11 is 1.40. The maximum atomic E-state index is 12.3. The first-order valence-corrected chi connectivity index (χ1v) is 9.22. The Kier molecular flexibility index (Phi) is 5.76. The van der Waals surface area contributed by atoms with Crippen LogP contribution in [-0.4, -0.2) is 52.0 Å². The molecule has 1 aliphatic rings. The van der Waals surface area contributed by atoms with Gasteiger partial charge in [-0.3, -0.25) is 14.5 Å². The van der Waals surface area contributed by atoms with Crippen LogP contribution in [0.4, 0.5) is 5.13 Å². The van der Waals surface area contributed by atoms with E-state index in [1.54, 1.807) is 11.8 Å². The molecule has 1 aliphatic heterocycles. The summed E-state index contributed by atoms with van der Waals surface area (Å²) in [7, 11) is 0. The van der Waals surface area contributed by atoms with Crippen LogP contribution in [0.3, 0.4) is 0 Å². The van der Waals surface area contributed by atoms with Crippen LogP contribution < -0.4 is 15.0 Å². The molecule has 0 radical (unpaired) electrons. The molecule has 0 aromatic carbocycles. The van der Waals surface area contributed by atoms with Gasteiger partial charge in [-0.1, -0.05) is 23.4 Å². The molecule has 3 rings (SSSR count). The Morgan fingerprint density at radius 3 is 3.00 bits per heavy atom. The van der Waals surface area contributed by atoms with Crippen LogP contribution in [-0.2, 0) is 16.0 Å². The number of aromatic nitrogens is 4. The van der Waals surface area contributed by atoms with Crippen LogP contribution in [0.5, 0.6) is 5.88 Å². The Morgan fingerprint density at radius 2 is 2.27 bits per heavy atom. The molecule has 0 aliphatic carbocycles. The van der Waals surface area contributed by atoms with Gasteiger partial charge in [0.05, 0.1) is 12.5 Å². The average molecular weight is 380 g/mol. The number of rotatable bonds is 8. The second kappa shape index (κ2) is 8.21. The van der Waals surface area contributed by atoms with Gasteiger partial charge in [-0.05, 0) is 18.5 Å². The normalized spacial score (nSPS) is 16.9. The summed E-state index contributed by atoms with van der Waals surface area (Å²) < 4.78 is 9.87. The summed E-state index contributed by atoms with van der Waals surface area (Å²) in [6.45, 7) is 4.63. The first-order chi connectivity index (χ1) is 12.6. The van der Waals surface area contributed by atoms with E-state index in [1.807, 2.05) is 0 Å². The summed E-state index contributed by atoms with van der Waals surface area (Å²) in [5.74, 6) is -0.389. The number of nitrogens with zero attached hydrogens (tertiary/aromatic N) is 5. The van der Waals surface area contributed by atoms with Crippen molar-refractivity contribution in [3.63, 3.8) is 0 Å². The monoisotopic (exact) mass is 380 g/mol. The summed E-state index contributed by atoms with van der Waals surface area (Å²) in [6.07, 6.45) is 1.98. The molecule has 2 aromatic rings. The lowest BCUT2D eigenvalue weighted by atomic mass is 10.1. The van der Waals surface area contributed by atoms with E-state index in [4.69, 9.17) is 4.74 Å². The standard InChI is InChI=1S/C15H20N6O4S/c1-3-4-11-17-18-15(26-11)21-8-10(7-12(21)22)13(23)16-5-6-24-14-9(2)19-25-20-14/h10H,3-8H2,1-2H3,(H,16,23). The topological polar surface area (TPSA) is 123 Å². The van der Waals surface area contributed by atoms with Crippen molar-refractivity contribution in [1.82, 2.24) is 25.8 Å². The Morgan fingerprint density at radius 1 is 1.42 bits per heavy atom. The van der Waals surface area contributed by atoms with E-state index in [1.165, 1.54) is 11.3 Å². The van der Waals surface area contributed by atoms with Gasteiger partial charge >= 0.3 is 0 Å². The van der Waals surface area contributed by atoms with Gasteiger partial charge in [-0.2, -0.15) is 0 Å². The van der Waals surface area contributed by atoms with Crippen LogP contribution in [0.2, 0.25) is 0 Å². The highest BCUT2D eigenvalue weighted by atomic mass is 32.1. The highest BCUT2D eigenvalue weighted by Crippen LogP contribution is 2.28. The predicted octanol–water partition coefficient (Wildman–Crippen LogP) is 0.730. The largest absolute Gasteiger partial charge is 0.472 e. The zero-order chi connectivity index (χ0) is 18.5. The highest BCUT2D eigenvalue weighted by Gasteiger charge is 2.36. The summed E-state index contributed by atoms with van der Waals surface area (Å²) in [6, 6.07) is 0. The van der Waals surface area contributed by atoms with E-state index >= 15 is 0 Å². The highest BCUT2D eigenvalue weighted by molar-refractivity contribution is 7.15. The molecule has 2 amide bonds. The molecule has 2 aromatic heterocycles. The third-order valence-corrected chi connectivity index (χ3v) is 4.90. The summed E-state index contributed by atoms with van der Waals surface area (Å²) in [4.78, 5) is 26.0. The van der Waals surface area contributed by atoms with E-state index < -0.39 is 5.92 Å². The van der Waals surface area contributed by atoms with Crippen LogP contribution in [0, 0.1) is 12.8 Å². The molecule has 0 saturated carbocycles. The van der Waals surface area contributed by atoms with Crippen LogP contribution in [0.25, 0.3) is 0 Å². The van der Waals surface area contributed by atoms with Gasteiger partial charge in [0.15, 0.2) is 0 Å². The molecule has 1 N–H and O–H groups in total. The summed E-state index contributed by atoms with van der Waals surface area (Å²) in [5, 5.41) is 19.6. The first-order valence-electron chi connectivity index (χ1n) is 8.41. The average Bonchev–Trinajstić information content (AvgIpc) is 3.32. The second-order valence-electron chi connectivity index (χ2n) is 5.93. The van der Waals surface area contributed by atoms with Gasteiger partial charge in [0.25, 0.3) is 5.88 Å². The lowest BCUT2D eigenvalue weighted by molar-refractivity contribution is -0.126. The zero-order valence-electron chi connectivity index (χ0n) is 14.6. The minimum Gasteiger partial charge on any atom is -0.472 e. The van der Waals surface area contributed by atoms with Crippen molar-refractivity contribution in [2.45, 2.75) is 33.1 Å². The minimum absolute atomic E-state index is 0.107. The van der Waals surface area contributed by atoms with E-state index in [0.29, 0.717) is 29.8 Å². The van der Waals surface area contributed by atoms with Gasteiger partial charge in [0, 0.05) is 19.4 Å². The number of carbonyl (C=O) groups excluding carboxylic acids is 2. The molecule has 1 atom stereocenters. The van der Waals surface area contributed by atoms with Gasteiger partial charge in [-0.25, -0.2) is 4.63 Å². The number of amides is 2. The number of hydrogen-bond donors (Lipinski definition) is 1. The van der Waals surface area contributed by atoms with E-state index in [-0.39, 0.29) is 24.8 Å². The number of hydrogen-bond acceptors (Lipinski definition) is 9. The third kappa shape index (κ3) is 4.15. The van der Waals surface area contributed by atoms with E-state index in [0.717, 1.165) is 17.8 Å². The zero-order valence-corrected chi connectivity index (χ0v) is 15.4. The molecule has 10 nitrogen and oxygen atoms in total. The molecule has 0 bridgehead atoms. The maximum Gasteiger partial charge on any atom is 0.278 e. The molecule has 3 heterocycles. The van der Waals surface area contributed by atoms with Crippen molar-refractivity contribution in [3.05, 3.63) is 10.7 Å². The number of nitrogens with one attached hydrogen (secondary N) is 1. The SMILES string of the molecule is CCCc1nnc(N2CC(C(=O)NCCOc3nonc3C)CC2=O)s1. The van der Waals surface area contributed by atoms with Gasteiger partial charge in [-0.15, -0.1) is 10.2 Å². The number of carbonyl (C=O) groups is 2. The number of ether oxygens (including phenoxy) is 1. The van der Waals surface area contributed by atoms with Crippen molar-refractivity contribution in [2.75, 3.05) is 24.6 Å². The molecule has 140 valence electrons. The Bertz CT molecular complexity index is 776. The number of anilines is 1. The van der Waals surface area contributed by atoms with Crippen LogP contribution in [0.15, 0.2) is 4.63 Å². The second-order valence-corrected chi connectivity index (χ2v) is 6.97. The fourth-order valence-corrected chi connectivity index (χ4v) is 3.52.